The Labute approximate surface area is 120 Å². The fourth-order valence-corrected chi connectivity index (χ4v) is 1.83. The highest BCUT2D eigenvalue weighted by Gasteiger charge is 2.38. The topological polar surface area (TPSA) is 41.5 Å². The van der Waals surface area contributed by atoms with Crippen molar-refractivity contribution in [3.63, 3.8) is 0 Å². The molecule has 1 rings (SSSR count). The molecular weight excluding hydrogens is 295 g/mol. The largest absolute Gasteiger partial charge is 0.489 e. The van der Waals surface area contributed by atoms with E-state index in [2.05, 4.69) is 5.32 Å². The molecule has 0 saturated carbocycles. The van der Waals surface area contributed by atoms with E-state index in [1.807, 2.05) is 13.8 Å². The van der Waals surface area contributed by atoms with Gasteiger partial charge in [0.2, 0.25) is 0 Å². The van der Waals surface area contributed by atoms with Gasteiger partial charge in [0.25, 0.3) is 0 Å². The summed E-state index contributed by atoms with van der Waals surface area (Å²) in [6, 6.07) is 4.92. The summed E-state index contributed by atoms with van der Waals surface area (Å²) in [6.07, 6.45) is -7.23. The van der Waals surface area contributed by atoms with Crippen LogP contribution in [0.3, 0.4) is 0 Å². The van der Waals surface area contributed by atoms with Crippen LogP contribution in [0.1, 0.15) is 25.5 Å². The third kappa shape index (κ3) is 4.85. The summed E-state index contributed by atoms with van der Waals surface area (Å²) >= 11 is 5.96. The average Bonchev–Trinajstić information content (AvgIpc) is 2.36. The van der Waals surface area contributed by atoms with Crippen LogP contribution < -0.4 is 10.1 Å². The first-order valence-electron chi connectivity index (χ1n) is 6.16. The maximum atomic E-state index is 12.1. The zero-order valence-electron chi connectivity index (χ0n) is 11.2. The predicted molar refractivity (Wildman–Crippen MR) is 71.1 cm³/mol. The number of hydrogen-bond acceptors (Lipinski definition) is 3. The van der Waals surface area contributed by atoms with Gasteiger partial charge in [-0.05, 0) is 31.2 Å². The lowest BCUT2D eigenvalue weighted by molar-refractivity contribution is -0.210. The first-order valence-corrected chi connectivity index (χ1v) is 6.54. The minimum atomic E-state index is -4.70. The number of nitrogens with one attached hydrogen (secondary N) is 1. The second-order valence-electron chi connectivity index (χ2n) is 4.34. The summed E-state index contributed by atoms with van der Waals surface area (Å²) in [5.74, 6) is 0.113. The number of aliphatic hydroxyl groups is 1. The van der Waals surface area contributed by atoms with Crippen LogP contribution in [0.2, 0.25) is 5.02 Å². The van der Waals surface area contributed by atoms with Gasteiger partial charge in [0, 0.05) is 6.04 Å². The molecule has 0 aliphatic carbocycles. The Hall–Kier alpha value is -0.980. The summed E-state index contributed by atoms with van der Waals surface area (Å²) in [7, 11) is 0. The van der Waals surface area contributed by atoms with Gasteiger partial charge >= 0.3 is 6.18 Å². The molecule has 0 aliphatic rings. The van der Waals surface area contributed by atoms with E-state index in [1.54, 1.807) is 12.1 Å². The Morgan fingerprint density at radius 1 is 1.40 bits per heavy atom. The number of aliphatic hydroxyl groups excluding tert-OH is 1. The van der Waals surface area contributed by atoms with Crippen molar-refractivity contribution in [2.24, 2.45) is 0 Å². The molecule has 0 amide bonds. The second kappa shape index (κ2) is 7.15. The van der Waals surface area contributed by atoms with Crippen LogP contribution in [0.15, 0.2) is 18.2 Å². The lowest BCUT2D eigenvalue weighted by Gasteiger charge is -2.17. The summed E-state index contributed by atoms with van der Waals surface area (Å²) in [5.41, 5.74) is 0.903. The monoisotopic (exact) mass is 311 g/mol. The van der Waals surface area contributed by atoms with Crippen molar-refractivity contribution >= 4 is 11.6 Å². The van der Waals surface area contributed by atoms with Crippen LogP contribution in [0.4, 0.5) is 13.2 Å². The molecule has 2 unspecified atom stereocenters. The normalized spacial score (nSPS) is 14.9. The Bertz CT molecular complexity index is 440. The fourth-order valence-electron chi connectivity index (χ4n) is 1.59. The van der Waals surface area contributed by atoms with Crippen molar-refractivity contribution in [2.45, 2.75) is 32.2 Å². The van der Waals surface area contributed by atoms with E-state index >= 15 is 0 Å². The van der Waals surface area contributed by atoms with Gasteiger partial charge in [-0.2, -0.15) is 13.2 Å². The molecule has 7 heteroatoms. The Morgan fingerprint density at radius 3 is 2.55 bits per heavy atom. The second-order valence-corrected chi connectivity index (χ2v) is 4.74. The molecule has 0 spiro atoms. The Morgan fingerprint density at radius 2 is 2.05 bits per heavy atom. The number of ether oxygens (including phenoxy) is 1. The molecule has 0 bridgehead atoms. The van der Waals surface area contributed by atoms with Gasteiger partial charge in [-0.1, -0.05) is 24.6 Å². The van der Waals surface area contributed by atoms with E-state index in [-0.39, 0.29) is 16.8 Å². The lowest BCUT2D eigenvalue weighted by Crippen LogP contribution is -2.34. The zero-order chi connectivity index (χ0) is 15.3. The summed E-state index contributed by atoms with van der Waals surface area (Å²) in [6.45, 7) is 3.82. The quantitative estimate of drug-likeness (QED) is 0.847. The van der Waals surface area contributed by atoms with Crippen molar-refractivity contribution in [1.82, 2.24) is 5.32 Å². The predicted octanol–water partition coefficient (Wildman–Crippen LogP) is 3.31. The molecule has 114 valence electrons. The summed E-state index contributed by atoms with van der Waals surface area (Å²) in [4.78, 5) is 0. The minimum absolute atomic E-state index is 0.0762. The van der Waals surface area contributed by atoms with Gasteiger partial charge in [-0.3, -0.25) is 0 Å². The minimum Gasteiger partial charge on any atom is -0.489 e. The number of halogens is 4. The molecule has 0 aromatic heterocycles. The first kappa shape index (κ1) is 17.1. The molecule has 0 fully saturated rings. The van der Waals surface area contributed by atoms with E-state index in [9.17, 15) is 13.2 Å². The summed E-state index contributed by atoms with van der Waals surface area (Å²) < 4.78 is 41.3. The van der Waals surface area contributed by atoms with Gasteiger partial charge < -0.3 is 15.2 Å². The smallest absolute Gasteiger partial charge is 0.417 e. The number of rotatable bonds is 6. The standard InChI is InChI=1S/C13H17ClF3NO2/c1-3-18-8(2)9-4-5-11(10(14)6-9)20-7-12(19)13(15,16)17/h4-6,8,12,18-19H,3,7H2,1-2H3. The molecule has 0 heterocycles. The van der Waals surface area contributed by atoms with Gasteiger partial charge in [0.1, 0.15) is 12.4 Å². The Kier molecular flexibility index (Phi) is 6.10. The lowest BCUT2D eigenvalue weighted by atomic mass is 10.1. The van der Waals surface area contributed by atoms with E-state index in [0.717, 1.165) is 12.1 Å². The van der Waals surface area contributed by atoms with Gasteiger partial charge in [-0.25, -0.2) is 0 Å². The Balaban J connectivity index is 2.69. The van der Waals surface area contributed by atoms with Crippen molar-refractivity contribution < 1.29 is 23.0 Å². The molecule has 2 N–H and O–H groups in total. The molecule has 3 nitrogen and oxygen atoms in total. The summed E-state index contributed by atoms with van der Waals surface area (Å²) in [5, 5.41) is 12.2. The number of hydrogen-bond donors (Lipinski definition) is 2. The van der Waals surface area contributed by atoms with Crippen molar-refractivity contribution in [3.05, 3.63) is 28.8 Å². The molecule has 2 atom stereocenters. The van der Waals surface area contributed by atoms with Gasteiger partial charge in [0.05, 0.1) is 5.02 Å². The van der Waals surface area contributed by atoms with Crippen LogP contribution in [-0.2, 0) is 0 Å². The van der Waals surface area contributed by atoms with Crippen molar-refractivity contribution in [1.29, 1.82) is 0 Å². The third-order valence-electron chi connectivity index (χ3n) is 2.74. The van der Waals surface area contributed by atoms with Crippen LogP contribution in [0.5, 0.6) is 5.75 Å². The van der Waals surface area contributed by atoms with Crippen LogP contribution >= 0.6 is 11.6 Å². The van der Waals surface area contributed by atoms with Crippen LogP contribution in [0.25, 0.3) is 0 Å². The maximum absolute atomic E-state index is 12.1. The number of benzene rings is 1. The van der Waals surface area contributed by atoms with Crippen LogP contribution in [0, 0.1) is 0 Å². The molecule has 1 aromatic rings. The highest BCUT2D eigenvalue weighted by molar-refractivity contribution is 6.32. The third-order valence-corrected chi connectivity index (χ3v) is 3.04. The molecule has 1 aromatic carbocycles. The van der Waals surface area contributed by atoms with Crippen molar-refractivity contribution in [3.8, 4) is 5.75 Å². The SMILES string of the molecule is CCNC(C)c1ccc(OCC(O)C(F)(F)F)c(Cl)c1. The van der Waals surface area contributed by atoms with Gasteiger partial charge in [0.15, 0.2) is 6.10 Å². The molecule has 0 radical (unpaired) electrons. The highest BCUT2D eigenvalue weighted by Crippen LogP contribution is 2.29. The fraction of sp³-hybridized carbons (Fsp3) is 0.538. The van der Waals surface area contributed by atoms with E-state index < -0.39 is 18.9 Å². The maximum Gasteiger partial charge on any atom is 0.417 e. The first-order chi connectivity index (χ1) is 9.25. The van der Waals surface area contributed by atoms with E-state index in [0.29, 0.717) is 0 Å². The number of alkyl halides is 3. The van der Waals surface area contributed by atoms with Gasteiger partial charge in [-0.15, -0.1) is 0 Å². The molecule has 20 heavy (non-hydrogen) atoms. The average molecular weight is 312 g/mol. The van der Waals surface area contributed by atoms with Crippen molar-refractivity contribution in [2.75, 3.05) is 13.2 Å². The molecule has 0 saturated heterocycles. The highest BCUT2D eigenvalue weighted by atomic mass is 35.5. The van der Waals surface area contributed by atoms with E-state index in [1.165, 1.54) is 6.07 Å². The molecule has 0 aliphatic heterocycles. The zero-order valence-corrected chi connectivity index (χ0v) is 11.9. The molecular formula is C13H17ClF3NO2. The van der Waals surface area contributed by atoms with Crippen LogP contribution in [-0.4, -0.2) is 30.5 Å². The van der Waals surface area contributed by atoms with E-state index in [4.69, 9.17) is 21.4 Å².